The van der Waals surface area contributed by atoms with Crippen molar-refractivity contribution in [3.63, 3.8) is 0 Å². The maximum absolute atomic E-state index is 12.3. The molecule has 2 aromatic heterocycles. The number of aromatic amines is 1. The minimum atomic E-state index is -4.04. The highest BCUT2D eigenvalue weighted by Gasteiger charge is 2.27. The van der Waals surface area contributed by atoms with Gasteiger partial charge in [-0.05, 0) is 19.9 Å². The number of hydrogen-bond acceptors (Lipinski definition) is 4. The molecule has 21 heavy (non-hydrogen) atoms. The zero-order valence-electron chi connectivity index (χ0n) is 11.4. The number of sulfonamides is 1. The first-order valence-electron chi connectivity index (χ1n) is 5.75. The van der Waals surface area contributed by atoms with Gasteiger partial charge in [0.1, 0.15) is 15.7 Å². The molecule has 2 aromatic rings. The van der Waals surface area contributed by atoms with Crippen LogP contribution in [0, 0.1) is 13.8 Å². The molecule has 0 aromatic carbocycles. The first-order valence-corrected chi connectivity index (χ1v) is 7.98. The maximum atomic E-state index is 12.3. The van der Waals surface area contributed by atoms with Crippen LogP contribution in [-0.2, 0) is 17.1 Å². The molecule has 1 amide bonds. The second-order valence-electron chi connectivity index (χ2n) is 4.40. The molecule has 0 radical (unpaired) electrons. The standard InChI is InChI=1S/C11H12Cl2N4O3S/c1-5-9(6(2)17(3)15-5)21(19,20)16-11(18)8-4-7(12)10(13)14-8/h4,14H,1-3H3,(H,16,18). The van der Waals surface area contributed by atoms with E-state index < -0.39 is 15.9 Å². The van der Waals surface area contributed by atoms with Crippen LogP contribution in [0.5, 0.6) is 0 Å². The number of amides is 1. The minimum absolute atomic E-state index is 0.0258. The summed E-state index contributed by atoms with van der Waals surface area (Å²) < 4.78 is 28.0. The van der Waals surface area contributed by atoms with E-state index in [0.29, 0.717) is 11.4 Å². The van der Waals surface area contributed by atoms with Crippen LogP contribution in [0.25, 0.3) is 0 Å². The SMILES string of the molecule is Cc1nn(C)c(C)c1S(=O)(=O)NC(=O)c1cc(Cl)c(Cl)[nH]1. The Kier molecular flexibility index (Phi) is 4.05. The molecule has 0 unspecified atom stereocenters. The van der Waals surface area contributed by atoms with Crippen LogP contribution in [0.15, 0.2) is 11.0 Å². The van der Waals surface area contributed by atoms with Crippen molar-refractivity contribution in [2.24, 2.45) is 7.05 Å². The number of nitrogens with one attached hydrogen (secondary N) is 2. The van der Waals surface area contributed by atoms with Crippen molar-refractivity contribution in [3.05, 3.63) is 33.3 Å². The van der Waals surface area contributed by atoms with Gasteiger partial charge in [-0.3, -0.25) is 9.48 Å². The Hall–Kier alpha value is -1.51. The maximum Gasteiger partial charge on any atom is 0.281 e. The lowest BCUT2D eigenvalue weighted by atomic mass is 10.4. The molecule has 2 N–H and O–H groups in total. The smallest absolute Gasteiger partial charge is 0.281 e. The van der Waals surface area contributed by atoms with E-state index in [4.69, 9.17) is 23.2 Å². The molecule has 2 heterocycles. The Balaban J connectivity index is 2.35. The summed E-state index contributed by atoms with van der Waals surface area (Å²) in [5.41, 5.74) is 0.681. The van der Waals surface area contributed by atoms with Crippen LogP contribution >= 0.6 is 23.2 Å². The Bertz CT molecular complexity index is 803. The molecule has 0 fully saturated rings. The highest BCUT2D eigenvalue weighted by molar-refractivity contribution is 7.90. The average molecular weight is 351 g/mol. The summed E-state index contributed by atoms with van der Waals surface area (Å²) in [5, 5.41) is 4.21. The van der Waals surface area contributed by atoms with E-state index in [1.54, 1.807) is 20.9 Å². The number of halogens is 2. The van der Waals surface area contributed by atoms with Gasteiger partial charge in [0.25, 0.3) is 15.9 Å². The summed E-state index contributed by atoms with van der Waals surface area (Å²) in [6, 6.07) is 1.25. The fourth-order valence-electron chi connectivity index (χ4n) is 1.90. The molecule has 0 aliphatic carbocycles. The van der Waals surface area contributed by atoms with Crippen molar-refractivity contribution in [1.82, 2.24) is 19.5 Å². The van der Waals surface area contributed by atoms with Crippen molar-refractivity contribution < 1.29 is 13.2 Å². The van der Waals surface area contributed by atoms with Crippen molar-refractivity contribution in [2.45, 2.75) is 18.7 Å². The monoisotopic (exact) mass is 350 g/mol. The number of carbonyl (C=O) groups is 1. The highest BCUT2D eigenvalue weighted by Crippen LogP contribution is 2.23. The molecule has 0 bridgehead atoms. The summed E-state index contributed by atoms with van der Waals surface area (Å²) in [6.45, 7) is 3.15. The second kappa shape index (κ2) is 5.36. The topological polar surface area (TPSA) is 96.8 Å². The van der Waals surface area contributed by atoms with Crippen LogP contribution in [-0.4, -0.2) is 29.1 Å². The third-order valence-corrected chi connectivity index (χ3v) is 5.18. The van der Waals surface area contributed by atoms with Gasteiger partial charge >= 0.3 is 0 Å². The van der Waals surface area contributed by atoms with Crippen LogP contribution in [0.3, 0.4) is 0 Å². The largest absolute Gasteiger partial charge is 0.340 e. The number of carbonyl (C=O) groups excluding carboxylic acids is 1. The van der Waals surface area contributed by atoms with E-state index in [1.165, 1.54) is 10.7 Å². The van der Waals surface area contributed by atoms with Gasteiger partial charge in [0, 0.05) is 7.05 Å². The molecule has 0 aliphatic heterocycles. The summed E-state index contributed by atoms with van der Waals surface area (Å²) in [4.78, 5) is 14.4. The Morgan fingerprint density at radius 3 is 2.43 bits per heavy atom. The zero-order chi connectivity index (χ0) is 15.9. The van der Waals surface area contributed by atoms with Gasteiger partial charge in [0.2, 0.25) is 0 Å². The number of aryl methyl sites for hydroxylation is 2. The predicted molar refractivity (Wildman–Crippen MR) is 78.1 cm³/mol. The van der Waals surface area contributed by atoms with Crippen LogP contribution in [0.1, 0.15) is 21.9 Å². The van der Waals surface area contributed by atoms with Crippen LogP contribution in [0.4, 0.5) is 0 Å². The van der Waals surface area contributed by atoms with Gasteiger partial charge < -0.3 is 4.98 Å². The molecule has 0 saturated carbocycles. The number of rotatable bonds is 3. The summed E-state index contributed by atoms with van der Waals surface area (Å²) in [5.74, 6) is -0.855. The molecule has 10 heteroatoms. The predicted octanol–water partition coefficient (Wildman–Crippen LogP) is 1.79. The third-order valence-electron chi connectivity index (χ3n) is 2.91. The van der Waals surface area contributed by atoms with Gasteiger partial charge in [-0.25, -0.2) is 13.1 Å². The van der Waals surface area contributed by atoms with Crippen molar-refractivity contribution in [3.8, 4) is 0 Å². The third kappa shape index (κ3) is 2.92. The lowest BCUT2D eigenvalue weighted by Gasteiger charge is -2.06. The summed E-state index contributed by atoms with van der Waals surface area (Å²) >= 11 is 11.4. The molecule has 2 rings (SSSR count). The Morgan fingerprint density at radius 2 is 2.00 bits per heavy atom. The number of nitrogens with zero attached hydrogens (tertiary/aromatic N) is 2. The quantitative estimate of drug-likeness (QED) is 0.881. The minimum Gasteiger partial charge on any atom is -0.340 e. The van der Waals surface area contributed by atoms with E-state index in [1.807, 2.05) is 4.72 Å². The fourth-order valence-corrected chi connectivity index (χ4v) is 3.62. The summed E-state index contributed by atoms with van der Waals surface area (Å²) in [7, 11) is -2.42. The van der Waals surface area contributed by atoms with E-state index >= 15 is 0 Å². The first-order chi connectivity index (χ1) is 9.63. The summed E-state index contributed by atoms with van der Waals surface area (Å²) in [6.07, 6.45) is 0. The molecule has 0 saturated heterocycles. The number of H-pyrrole nitrogens is 1. The average Bonchev–Trinajstić information content (AvgIpc) is 2.80. The number of hydrogen-bond donors (Lipinski definition) is 2. The Morgan fingerprint density at radius 1 is 1.38 bits per heavy atom. The molecular weight excluding hydrogens is 339 g/mol. The molecular formula is C11H12Cl2N4O3S. The normalized spacial score (nSPS) is 11.7. The fraction of sp³-hybridized carbons (Fsp3) is 0.273. The van der Waals surface area contributed by atoms with E-state index in [2.05, 4.69) is 10.1 Å². The van der Waals surface area contributed by atoms with Gasteiger partial charge in [-0.2, -0.15) is 5.10 Å². The van der Waals surface area contributed by atoms with Crippen molar-refractivity contribution >= 4 is 39.1 Å². The molecule has 7 nitrogen and oxygen atoms in total. The molecule has 0 spiro atoms. The van der Waals surface area contributed by atoms with E-state index in [9.17, 15) is 13.2 Å². The molecule has 0 atom stereocenters. The lowest BCUT2D eigenvalue weighted by molar-refractivity contribution is 0.0977. The number of aromatic nitrogens is 3. The van der Waals surface area contributed by atoms with Gasteiger partial charge in [-0.1, -0.05) is 23.2 Å². The van der Waals surface area contributed by atoms with E-state index in [-0.39, 0.29) is 20.8 Å². The van der Waals surface area contributed by atoms with Crippen LogP contribution < -0.4 is 4.72 Å². The zero-order valence-corrected chi connectivity index (χ0v) is 13.7. The van der Waals surface area contributed by atoms with Gasteiger partial charge in [0.05, 0.1) is 16.4 Å². The van der Waals surface area contributed by atoms with E-state index in [0.717, 1.165) is 0 Å². The molecule has 0 aliphatic rings. The second-order valence-corrected chi connectivity index (χ2v) is 6.81. The highest BCUT2D eigenvalue weighted by atomic mass is 35.5. The molecule has 114 valence electrons. The van der Waals surface area contributed by atoms with Gasteiger partial charge in [-0.15, -0.1) is 0 Å². The van der Waals surface area contributed by atoms with Crippen LogP contribution in [0.2, 0.25) is 10.2 Å². The first kappa shape index (κ1) is 15.9. The van der Waals surface area contributed by atoms with Gasteiger partial charge in [0.15, 0.2) is 0 Å². The Labute approximate surface area is 131 Å². The van der Waals surface area contributed by atoms with Crippen molar-refractivity contribution in [2.75, 3.05) is 0 Å². The lowest BCUT2D eigenvalue weighted by Crippen LogP contribution is -2.31. The van der Waals surface area contributed by atoms with Crippen molar-refractivity contribution in [1.29, 1.82) is 0 Å².